The number of nitrogens with one attached hydrogen (secondary N) is 4. The lowest BCUT2D eigenvalue weighted by Gasteiger charge is -2.38. The zero-order valence-electron chi connectivity index (χ0n) is 19.1. The third-order valence-corrected chi connectivity index (χ3v) is 12.9. The molecule has 0 aromatic heterocycles. The predicted octanol–water partition coefficient (Wildman–Crippen LogP) is 2.23. The fraction of sp³-hybridized carbons (Fsp3) is 1.00. The van der Waals surface area contributed by atoms with E-state index in [-0.39, 0.29) is 16.3 Å². The molecule has 0 amide bonds. The first-order valence-electron chi connectivity index (χ1n) is 12.0. The van der Waals surface area contributed by atoms with Gasteiger partial charge in [-0.3, -0.25) is 4.90 Å². The summed E-state index contributed by atoms with van der Waals surface area (Å²) in [6.07, 6.45) is 5.77. The van der Waals surface area contributed by atoms with Crippen LogP contribution in [-0.2, 0) is 10.0 Å². The predicted molar refractivity (Wildman–Crippen MR) is 130 cm³/mol. The van der Waals surface area contributed by atoms with Crippen molar-refractivity contribution in [2.45, 2.75) is 111 Å². The molecular formula is C21H39N5O2S3. The van der Waals surface area contributed by atoms with Gasteiger partial charge in [0, 0.05) is 29.4 Å². The molecule has 9 unspecified atom stereocenters. The van der Waals surface area contributed by atoms with Crippen molar-refractivity contribution >= 4 is 33.5 Å². The second-order valence-corrected chi connectivity index (χ2v) is 15.7. The number of thioether (sulfide) groups is 2. The van der Waals surface area contributed by atoms with Gasteiger partial charge in [0.15, 0.2) is 0 Å². The van der Waals surface area contributed by atoms with Crippen molar-refractivity contribution in [1.82, 2.24) is 25.8 Å². The Labute approximate surface area is 196 Å². The summed E-state index contributed by atoms with van der Waals surface area (Å²) in [5, 5.41) is 4.97. The van der Waals surface area contributed by atoms with Crippen molar-refractivity contribution < 1.29 is 8.42 Å². The maximum Gasteiger partial charge on any atom is 0.215 e. The Morgan fingerprint density at radius 3 is 2.48 bits per heavy atom. The van der Waals surface area contributed by atoms with E-state index in [2.05, 4.69) is 58.3 Å². The molecule has 7 nitrogen and oxygen atoms in total. The lowest BCUT2D eigenvalue weighted by atomic mass is 9.77. The molecule has 10 heteroatoms. The van der Waals surface area contributed by atoms with Gasteiger partial charge in [0.25, 0.3) is 0 Å². The van der Waals surface area contributed by atoms with E-state index in [1.165, 1.54) is 6.42 Å². The fourth-order valence-corrected chi connectivity index (χ4v) is 10.7. The molecule has 4 N–H and O–H groups in total. The van der Waals surface area contributed by atoms with E-state index < -0.39 is 10.0 Å². The highest BCUT2D eigenvalue weighted by Crippen LogP contribution is 2.48. The van der Waals surface area contributed by atoms with E-state index in [9.17, 15) is 8.42 Å². The van der Waals surface area contributed by atoms with Crippen LogP contribution in [0.4, 0.5) is 0 Å². The minimum absolute atomic E-state index is 0.185. The smallest absolute Gasteiger partial charge is 0.215 e. The van der Waals surface area contributed by atoms with Gasteiger partial charge in [-0.1, -0.05) is 0 Å². The Balaban J connectivity index is 1.32. The van der Waals surface area contributed by atoms with Crippen molar-refractivity contribution in [3.8, 4) is 0 Å². The Kier molecular flexibility index (Phi) is 6.43. The number of hydrogen-bond donors (Lipinski definition) is 4. The zero-order chi connectivity index (χ0) is 22.0. The molecule has 178 valence electrons. The van der Waals surface area contributed by atoms with Gasteiger partial charge in [-0.05, 0) is 78.1 Å². The van der Waals surface area contributed by atoms with Gasteiger partial charge in [0.05, 0.1) is 16.0 Å². The van der Waals surface area contributed by atoms with Crippen molar-refractivity contribution in [2.24, 2.45) is 11.8 Å². The van der Waals surface area contributed by atoms with Crippen LogP contribution in [0.1, 0.15) is 66.2 Å². The summed E-state index contributed by atoms with van der Waals surface area (Å²) in [6, 6.07) is 0.893. The normalized spacial score (nSPS) is 47.5. The molecule has 0 aromatic rings. The van der Waals surface area contributed by atoms with Crippen molar-refractivity contribution in [1.29, 1.82) is 0 Å². The van der Waals surface area contributed by atoms with E-state index in [1.54, 1.807) is 0 Å². The van der Waals surface area contributed by atoms with Gasteiger partial charge in [-0.25, -0.2) is 24.0 Å². The lowest BCUT2D eigenvalue weighted by Crippen LogP contribution is -2.51. The van der Waals surface area contributed by atoms with Crippen LogP contribution < -0.4 is 20.9 Å². The maximum absolute atomic E-state index is 13.2. The van der Waals surface area contributed by atoms with Gasteiger partial charge in [-0.2, -0.15) is 0 Å². The molecule has 0 radical (unpaired) electrons. The molecular weight excluding hydrogens is 450 g/mol. The molecule has 3 heterocycles. The molecule has 3 saturated heterocycles. The average Bonchev–Trinajstić information content (AvgIpc) is 3.02. The van der Waals surface area contributed by atoms with Gasteiger partial charge < -0.3 is 5.32 Å². The third-order valence-electron chi connectivity index (χ3n) is 8.14. The molecule has 5 rings (SSSR count). The second kappa shape index (κ2) is 8.59. The highest BCUT2D eigenvalue weighted by atomic mass is 32.2. The summed E-state index contributed by atoms with van der Waals surface area (Å²) in [5.41, 5.74) is 6.86. The Hall–Kier alpha value is 0.450. The largest absolute Gasteiger partial charge is 0.302 e. The first kappa shape index (κ1) is 23.2. The number of rotatable bonds is 6. The molecule has 5 fully saturated rings. The van der Waals surface area contributed by atoms with Crippen LogP contribution in [0.5, 0.6) is 0 Å². The van der Waals surface area contributed by atoms with E-state index in [4.69, 9.17) is 0 Å². The van der Waals surface area contributed by atoms with Gasteiger partial charge in [-0.15, -0.1) is 23.5 Å². The Bertz CT molecular complexity index is 779. The van der Waals surface area contributed by atoms with Crippen molar-refractivity contribution in [2.75, 3.05) is 6.54 Å². The minimum Gasteiger partial charge on any atom is -0.302 e. The first-order chi connectivity index (χ1) is 14.6. The van der Waals surface area contributed by atoms with Gasteiger partial charge >= 0.3 is 0 Å². The molecule has 2 aliphatic carbocycles. The Morgan fingerprint density at radius 2 is 1.87 bits per heavy atom. The van der Waals surface area contributed by atoms with Crippen LogP contribution in [0.3, 0.4) is 0 Å². The van der Waals surface area contributed by atoms with Gasteiger partial charge in [0.2, 0.25) is 10.0 Å². The SMILES string of the molecule is CC1NC(C)C(CC2CN(C3NNC(C)S3)C3CC(S(=O)(=O)NC4(C)CC4)CCC23)S1. The van der Waals surface area contributed by atoms with Crippen molar-refractivity contribution in [3.05, 3.63) is 0 Å². The van der Waals surface area contributed by atoms with Crippen LogP contribution in [0.25, 0.3) is 0 Å². The average molecular weight is 490 g/mol. The highest BCUT2D eigenvalue weighted by Gasteiger charge is 2.52. The number of likely N-dealkylation sites (tertiary alicyclic amines) is 1. The second-order valence-electron chi connectivity index (χ2n) is 10.8. The number of hydrogen-bond acceptors (Lipinski definition) is 8. The van der Waals surface area contributed by atoms with E-state index in [1.807, 2.05) is 18.7 Å². The van der Waals surface area contributed by atoms with Crippen LogP contribution >= 0.6 is 23.5 Å². The maximum atomic E-state index is 13.2. The molecule has 0 bridgehead atoms. The standard InChI is InChI=1S/C21H39N5O2S3/c1-12-19(29-13(2)22-12)9-15-11-26(20-24-23-14(3)30-20)18-10-16(5-6-17(15)18)31(27,28)25-21(4)7-8-21/h12-20,22-25H,5-11H2,1-4H3. The highest BCUT2D eigenvalue weighted by molar-refractivity contribution is 8.00. The third kappa shape index (κ3) is 4.83. The molecule has 9 atom stereocenters. The molecule has 0 aromatic carbocycles. The number of sulfonamides is 1. The topological polar surface area (TPSA) is 85.5 Å². The van der Waals surface area contributed by atoms with Crippen molar-refractivity contribution in [3.63, 3.8) is 0 Å². The molecule has 5 aliphatic rings. The summed E-state index contributed by atoms with van der Waals surface area (Å²) in [4.78, 5) is 2.60. The van der Waals surface area contributed by atoms with E-state index in [0.29, 0.717) is 39.9 Å². The summed E-state index contributed by atoms with van der Waals surface area (Å²) in [5.74, 6) is 1.25. The Morgan fingerprint density at radius 1 is 1.10 bits per heavy atom. The monoisotopic (exact) mass is 489 g/mol. The molecule has 3 aliphatic heterocycles. The molecule has 0 spiro atoms. The summed E-state index contributed by atoms with van der Waals surface area (Å²) in [6.45, 7) is 9.88. The molecule has 2 saturated carbocycles. The molecule has 31 heavy (non-hydrogen) atoms. The number of nitrogens with zero attached hydrogens (tertiary/aromatic N) is 1. The summed E-state index contributed by atoms with van der Waals surface area (Å²) in [7, 11) is -3.26. The quantitative estimate of drug-likeness (QED) is 0.452. The minimum atomic E-state index is -3.26. The zero-order valence-corrected chi connectivity index (χ0v) is 21.6. The van der Waals surface area contributed by atoms with Crippen LogP contribution in [0, 0.1) is 11.8 Å². The van der Waals surface area contributed by atoms with Crippen LogP contribution in [-0.4, -0.2) is 64.2 Å². The lowest BCUT2D eigenvalue weighted by molar-refractivity contribution is 0.152. The number of hydrazine groups is 1. The fourth-order valence-electron chi connectivity index (χ4n) is 6.19. The first-order valence-corrected chi connectivity index (χ1v) is 15.4. The summed E-state index contributed by atoms with van der Waals surface area (Å²) >= 11 is 4.00. The number of fused-ring (bicyclic) bond motifs is 1. The van der Waals surface area contributed by atoms with Crippen LogP contribution in [0.2, 0.25) is 0 Å². The summed E-state index contributed by atoms with van der Waals surface area (Å²) < 4.78 is 29.4. The van der Waals surface area contributed by atoms with E-state index >= 15 is 0 Å². The van der Waals surface area contributed by atoms with E-state index in [0.717, 1.165) is 38.6 Å². The van der Waals surface area contributed by atoms with Crippen LogP contribution in [0.15, 0.2) is 0 Å². The van der Waals surface area contributed by atoms with Gasteiger partial charge in [0.1, 0.15) is 5.50 Å².